The van der Waals surface area contributed by atoms with Crippen LogP contribution in [-0.4, -0.2) is 0 Å². The van der Waals surface area contributed by atoms with Crippen LogP contribution in [0.15, 0.2) is 222 Å². The van der Waals surface area contributed by atoms with E-state index in [4.69, 9.17) is 0 Å². The molecule has 8 aromatic carbocycles. The normalized spacial score (nSPS) is 11.7. The average Bonchev–Trinajstić information content (AvgIpc) is 4.00. The zero-order valence-corrected chi connectivity index (χ0v) is 34.7. The van der Waals surface area contributed by atoms with Crippen molar-refractivity contribution in [3.05, 3.63) is 218 Å². The van der Waals surface area contributed by atoms with Crippen molar-refractivity contribution in [2.24, 2.45) is 0 Å². The lowest BCUT2D eigenvalue weighted by Gasteiger charge is -2.24. The second-order valence-electron chi connectivity index (χ2n) is 14.7. The fourth-order valence-electron chi connectivity index (χ4n) is 8.18. The van der Waals surface area contributed by atoms with Crippen molar-refractivity contribution in [2.75, 3.05) is 9.80 Å². The molecule has 2 nitrogen and oxygen atoms in total. The number of hydrogen-bond acceptors (Lipinski definition) is 5. The summed E-state index contributed by atoms with van der Waals surface area (Å²) in [6.45, 7) is 0. The molecule has 0 N–H and O–H groups in total. The number of thiophene rings is 2. The van der Waals surface area contributed by atoms with Crippen LogP contribution in [-0.2, 0) is 0 Å². The Morgan fingerprint density at radius 2 is 0.867 bits per heavy atom. The summed E-state index contributed by atoms with van der Waals surface area (Å²) in [7, 11) is 0. The molecule has 0 spiro atoms. The van der Waals surface area contributed by atoms with Gasteiger partial charge in [0.2, 0.25) is 0 Å². The molecule has 1 aliphatic heterocycles. The van der Waals surface area contributed by atoms with Gasteiger partial charge in [-0.15, -0.1) is 22.7 Å². The van der Waals surface area contributed by atoms with E-state index < -0.39 is 0 Å². The summed E-state index contributed by atoms with van der Waals surface area (Å²) in [5.74, 6) is -0.244. The van der Waals surface area contributed by atoms with Crippen molar-refractivity contribution in [3.8, 4) is 43.1 Å². The molecule has 3 heterocycles. The molecule has 286 valence electrons. The fraction of sp³-hybridized carbons (Fsp3) is 0. The maximum Gasteiger partial charge on any atom is 0.123 e. The number of fused-ring (bicyclic) bond motifs is 2. The highest BCUT2D eigenvalue weighted by Gasteiger charge is 2.24. The van der Waals surface area contributed by atoms with Crippen LogP contribution in [0.1, 0.15) is 0 Å². The molecule has 11 rings (SSSR count). The quantitative estimate of drug-likeness (QED) is 0.143. The Morgan fingerprint density at radius 3 is 1.53 bits per heavy atom. The lowest BCUT2D eigenvalue weighted by atomic mass is 9.93. The van der Waals surface area contributed by atoms with E-state index in [1.54, 1.807) is 11.3 Å². The van der Waals surface area contributed by atoms with Gasteiger partial charge in [-0.25, -0.2) is 4.39 Å². The van der Waals surface area contributed by atoms with E-state index in [2.05, 4.69) is 180 Å². The highest BCUT2D eigenvalue weighted by molar-refractivity contribution is 7.99. The van der Waals surface area contributed by atoms with Crippen LogP contribution < -0.4 is 9.80 Å². The number of hydrogen-bond donors (Lipinski definition) is 0. The molecule has 0 aliphatic carbocycles. The lowest BCUT2D eigenvalue weighted by Crippen LogP contribution is -2.07. The van der Waals surface area contributed by atoms with Gasteiger partial charge in [-0.3, -0.25) is 0 Å². The molecule has 0 unspecified atom stereocenters. The molecule has 60 heavy (non-hydrogen) atoms. The van der Waals surface area contributed by atoms with Crippen LogP contribution in [0.3, 0.4) is 0 Å². The predicted molar refractivity (Wildman–Crippen MR) is 255 cm³/mol. The number of anilines is 6. The van der Waals surface area contributed by atoms with Gasteiger partial charge in [-0.1, -0.05) is 127 Å². The van der Waals surface area contributed by atoms with Crippen LogP contribution in [0.4, 0.5) is 37.1 Å². The van der Waals surface area contributed by atoms with E-state index in [1.165, 1.54) is 75.8 Å². The maximum atomic E-state index is 13.9. The first-order valence-electron chi connectivity index (χ1n) is 19.8. The largest absolute Gasteiger partial charge is 0.302 e. The minimum absolute atomic E-state index is 0.244. The fourth-order valence-corrected chi connectivity index (χ4v) is 11.5. The molecule has 10 aromatic rings. The highest BCUT2D eigenvalue weighted by Crippen LogP contribution is 2.52. The van der Waals surface area contributed by atoms with Gasteiger partial charge >= 0.3 is 0 Å². The lowest BCUT2D eigenvalue weighted by molar-refractivity contribution is 0.628. The zero-order chi connectivity index (χ0) is 40.0. The molecule has 0 radical (unpaired) electrons. The van der Waals surface area contributed by atoms with E-state index >= 15 is 0 Å². The third-order valence-electron chi connectivity index (χ3n) is 11.0. The van der Waals surface area contributed by atoms with Crippen molar-refractivity contribution in [3.63, 3.8) is 0 Å². The van der Waals surface area contributed by atoms with Gasteiger partial charge in [0.1, 0.15) is 15.8 Å². The Hall–Kier alpha value is -6.70. The van der Waals surface area contributed by atoms with Crippen LogP contribution in [0.25, 0.3) is 53.9 Å². The Morgan fingerprint density at radius 1 is 0.350 bits per heavy atom. The van der Waals surface area contributed by atoms with Gasteiger partial charge in [0.05, 0.1) is 0 Å². The zero-order valence-electron chi connectivity index (χ0n) is 32.2. The molecular weight excluding hydrogens is 792 g/mol. The van der Waals surface area contributed by atoms with Gasteiger partial charge in [0, 0.05) is 47.7 Å². The molecule has 0 saturated heterocycles. The predicted octanol–water partition coefficient (Wildman–Crippen LogP) is 17.2. The summed E-state index contributed by atoms with van der Waals surface area (Å²) in [5.41, 5.74) is 11.6. The van der Waals surface area contributed by atoms with Gasteiger partial charge in [0.25, 0.3) is 0 Å². The standard InChI is InChI=1S/C54H35FN2S3/c55-39-22-26-43(27-23-39)57(41-15-8-3-9-16-41)52-33-31-48(59-52)38-21-28-45-47-30-29-44(46-17-10-18-50(54(46)47)58-51(45)35-38)49-32-34-53(60-49)56(40-13-6-2-7-14-40)42-24-19-37(20-25-42)36-11-4-1-5-12-36/h1-35H. The third kappa shape index (κ3) is 6.69. The van der Waals surface area contributed by atoms with Gasteiger partial charge < -0.3 is 9.80 Å². The van der Waals surface area contributed by atoms with Crippen LogP contribution >= 0.6 is 34.4 Å². The summed E-state index contributed by atoms with van der Waals surface area (Å²) >= 11 is 5.42. The van der Waals surface area contributed by atoms with Crippen LogP contribution in [0.5, 0.6) is 0 Å². The second-order valence-corrected chi connectivity index (χ2v) is 17.9. The Labute approximate surface area is 361 Å². The monoisotopic (exact) mass is 826 g/mol. The number of halogens is 1. The summed E-state index contributed by atoms with van der Waals surface area (Å²) < 4.78 is 13.9. The molecular formula is C54H35FN2S3. The molecule has 1 aliphatic rings. The minimum Gasteiger partial charge on any atom is -0.302 e. The number of nitrogens with zero attached hydrogens (tertiary/aromatic N) is 2. The van der Waals surface area contributed by atoms with Gasteiger partial charge in [-0.2, -0.15) is 0 Å². The average molecular weight is 827 g/mol. The van der Waals surface area contributed by atoms with Crippen molar-refractivity contribution in [1.29, 1.82) is 0 Å². The molecule has 0 atom stereocenters. The topological polar surface area (TPSA) is 6.48 Å². The molecule has 0 bridgehead atoms. The van der Waals surface area contributed by atoms with E-state index in [9.17, 15) is 4.39 Å². The summed E-state index contributed by atoms with van der Waals surface area (Å²) in [5, 5.41) is 4.81. The Kier molecular flexibility index (Phi) is 9.39. The van der Waals surface area contributed by atoms with Gasteiger partial charge in [-0.05, 0) is 136 Å². The molecule has 2 aromatic heterocycles. The molecule has 0 amide bonds. The summed E-state index contributed by atoms with van der Waals surface area (Å²) in [6, 6.07) is 74.2. The summed E-state index contributed by atoms with van der Waals surface area (Å²) in [6.07, 6.45) is 0. The first-order valence-corrected chi connectivity index (χ1v) is 22.3. The van der Waals surface area contributed by atoms with E-state index in [0.29, 0.717) is 0 Å². The molecule has 0 saturated carbocycles. The van der Waals surface area contributed by atoms with E-state index in [-0.39, 0.29) is 5.82 Å². The Balaban J connectivity index is 0.924. The van der Waals surface area contributed by atoms with Crippen molar-refractivity contribution < 1.29 is 4.39 Å². The van der Waals surface area contributed by atoms with Crippen molar-refractivity contribution in [1.82, 2.24) is 0 Å². The smallest absolute Gasteiger partial charge is 0.123 e. The first kappa shape index (κ1) is 36.4. The Bertz CT molecular complexity index is 3120. The number of para-hydroxylation sites is 2. The maximum absolute atomic E-state index is 13.9. The van der Waals surface area contributed by atoms with Gasteiger partial charge in [0.15, 0.2) is 0 Å². The number of rotatable bonds is 9. The SMILES string of the molecule is Fc1ccc(N(c2ccccc2)c2ccc(-c3ccc4c(c3)Sc3cccc5c(-c6ccc(N(c7ccccc7)c7ccc(-c8ccccc8)cc7)s6)ccc-4c35)s2)cc1. The summed E-state index contributed by atoms with van der Waals surface area (Å²) in [4.78, 5) is 9.49. The number of benzene rings is 8. The minimum atomic E-state index is -0.244. The molecule has 6 heteroatoms. The molecule has 0 fully saturated rings. The first-order chi connectivity index (χ1) is 29.6. The highest BCUT2D eigenvalue weighted by atomic mass is 32.2. The second kappa shape index (κ2) is 15.5. The van der Waals surface area contributed by atoms with Crippen molar-refractivity contribution >= 4 is 78.0 Å². The third-order valence-corrected chi connectivity index (χ3v) is 14.4. The van der Waals surface area contributed by atoms with E-state index in [0.717, 1.165) is 32.8 Å². The van der Waals surface area contributed by atoms with E-state index in [1.807, 2.05) is 53.4 Å². The van der Waals surface area contributed by atoms with Crippen molar-refractivity contribution in [2.45, 2.75) is 9.79 Å². The van der Waals surface area contributed by atoms with Crippen LogP contribution in [0.2, 0.25) is 0 Å². The van der Waals surface area contributed by atoms with Crippen LogP contribution in [0, 0.1) is 5.82 Å².